The summed E-state index contributed by atoms with van der Waals surface area (Å²) in [5, 5.41) is 6.46. The number of hydrazone groups is 1. The van der Waals surface area contributed by atoms with Crippen LogP contribution < -0.4 is 5.01 Å². The first-order valence-corrected chi connectivity index (χ1v) is 7.72. The van der Waals surface area contributed by atoms with Gasteiger partial charge in [0, 0.05) is 37.4 Å². The third-order valence-electron chi connectivity index (χ3n) is 3.98. The van der Waals surface area contributed by atoms with Gasteiger partial charge in [-0.25, -0.2) is 0 Å². The van der Waals surface area contributed by atoms with E-state index in [0.29, 0.717) is 10.6 Å². The second-order valence-electron chi connectivity index (χ2n) is 5.66. The Bertz CT molecular complexity index is 630. The maximum absolute atomic E-state index is 12.6. The van der Waals surface area contributed by atoms with Gasteiger partial charge in [-0.3, -0.25) is 4.79 Å². The summed E-state index contributed by atoms with van der Waals surface area (Å²) in [5.41, 5.74) is 2.15. The Labute approximate surface area is 135 Å². The number of piperazine rings is 1. The SMILES string of the molecule is CC1=NN(c2ccc(Cl)cc2)C(=O)C1=CN1CCN(C)CC1. The van der Waals surface area contributed by atoms with Gasteiger partial charge in [0.25, 0.3) is 5.91 Å². The van der Waals surface area contributed by atoms with E-state index in [4.69, 9.17) is 11.6 Å². The molecule has 0 saturated carbocycles. The van der Waals surface area contributed by atoms with E-state index in [-0.39, 0.29) is 5.91 Å². The molecule has 0 N–H and O–H groups in total. The first kappa shape index (κ1) is 15.1. The summed E-state index contributed by atoms with van der Waals surface area (Å²) in [6, 6.07) is 7.13. The third-order valence-corrected chi connectivity index (χ3v) is 4.24. The lowest BCUT2D eigenvalue weighted by molar-refractivity contribution is -0.114. The molecule has 1 amide bonds. The molecule has 2 aliphatic rings. The van der Waals surface area contributed by atoms with E-state index in [9.17, 15) is 4.79 Å². The summed E-state index contributed by atoms with van der Waals surface area (Å²) in [5.74, 6) is -0.0845. The van der Waals surface area contributed by atoms with E-state index in [1.807, 2.05) is 13.1 Å². The highest BCUT2D eigenvalue weighted by Gasteiger charge is 2.29. The van der Waals surface area contributed by atoms with E-state index >= 15 is 0 Å². The van der Waals surface area contributed by atoms with Crippen molar-refractivity contribution in [3.63, 3.8) is 0 Å². The number of hydrogen-bond acceptors (Lipinski definition) is 4. The molecule has 1 aromatic rings. The molecule has 0 unspecified atom stereocenters. The van der Waals surface area contributed by atoms with Gasteiger partial charge in [-0.05, 0) is 38.2 Å². The van der Waals surface area contributed by atoms with Gasteiger partial charge in [0.2, 0.25) is 0 Å². The van der Waals surface area contributed by atoms with Crippen molar-refractivity contribution in [3.05, 3.63) is 41.1 Å². The highest BCUT2D eigenvalue weighted by atomic mass is 35.5. The molecular weight excluding hydrogens is 300 g/mol. The van der Waals surface area contributed by atoms with Crippen molar-refractivity contribution in [1.82, 2.24) is 9.80 Å². The van der Waals surface area contributed by atoms with Crippen molar-refractivity contribution in [3.8, 4) is 0 Å². The summed E-state index contributed by atoms with van der Waals surface area (Å²) in [7, 11) is 2.11. The fraction of sp³-hybridized carbons (Fsp3) is 0.375. The zero-order chi connectivity index (χ0) is 15.7. The minimum Gasteiger partial charge on any atom is -0.374 e. The van der Waals surface area contributed by atoms with E-state index in [0.717, 1.165) is 37.6 Å². The average molecular weight is 319 g/mol. The van der Waals surface area contributed by atoms with Gasteiger partial charge in [0.15, 0.2) is 0 Å². The van der Waals surface area contributed by atoms with E-state index in [1.165, 1.54) is 5.01 Å². The molecule has 0 radical (unpaired) electrons. The van der Waals surface area contributed by atoms with Crippen molar-refractivity contribution in [2.24, 2.45) is 5.10 Å². The second-order valence-corrected chi connectivity index (χ2v) is 6.10. The molecule has 5 nitrogen and oxygen atoms in total. The first-order valence-electron chi connectivity index (χ1n) is 7.34. The number of benzene rings is 1. The number of likely N-dealkylation sites (N-methyl/N-ethyl adjacent to an activating group) is 1. The minimum atomic E-state index is -0.0845. The maximum Gasteiger partial charge on any atom is 0.282 e. The molecule has 116 valence electrons. The highest BCUT2D eigenvalue weighted by Crippen LogP contribution is 2.25. The van der Waals surface area contributed by atoms with Gasteiger partial charge in [-0.2, -0.15) is 10.1 Å². The van der Waals surface area contributed by atoms with Crippen LogP contribution in [0.5, 0.6) is 0 Å². The summed E-state index contributed by atoms with van der Waals surface area (Å²) in [6.45, 7) is 5.75. The quantitative estimate of drug-likeness (QED) is 0.785. The monoisotopic (exact) mass is 318 g/mol. The molecule has 22 heavy (non-hydrogen) atoms. The number of amides is 1. The van der Waals surface area contributed by atoms with Gasteiger partial charge < -0.3 is 9.80 Å². The number of rotatable bonds is 2. The summed E-state index contributed by atoms with van der Waals surface area (Å²) in [6.07, 6.45) is 1.95. The van der Waals surface area contributed by atoms with Crippen LogP contribution in [0.15, 0.2) is 41.1 Å². The van der Waals surface area contributed by atoms with Crippen LogP contribution >= 0.6 is 11.6 Å². The summed E-state index contributed by atoms with van der Waals surface area (Å²) < 4.78 is 0. The van der Waals surface area contributed by atoms with E-state index < -0.39 is 0 Å². The predicted octanol–water partition coefficient (Wildman–Crippen LogP) is 2.19. The molecule has 0 aromatic heterocycles. The molecule has 0 aliphatic carbocycles. The van der Waals surface area contributed by atoms with Crippen LogP contribution in [0, 0.1) is 0 Å². The van der Waals surface area contributed by atoms with Crippen LogP contribution in [0.3, 0.4) is 0 Å². The summed E-state index contributed by atoms with van der Waals surface area (Å²) in [4.78, 5) is 17.1. The molecule has 3 rings (SSSR count). The fourth-order valence-electron chi connectivity index (χ4n) is 2.56. The number of hydrogen-bond donors (Lipinski definition) is 0. The van der Waals surface area contributed by atoms with Crippen LogP contribution in [0.25, 0.3) is 0 Å². The number of halogens is 1. The van der Waals surface area contributed by atoms with Gasteiger partial charge in [-0.1, -0.05) is 11.6 Å². The van der Waals surface area contributed by atoms with Crippen LogP contribution in [0.4, 0.5) is 5.69 Å². The minimum absolute atomic E-state index is 0.0845. The Morgan fingerprint density at radius 2 is 1.77 bits per heavy atom. The highest BCUT2D eigenvalue weighted by molar-refractivity contribution is 6.31. The van der Waals surface area contributed by atoms with Crippen molar-refractivity contribution >= 4 is 28.9 Å². The lowest BCUT2D eigenvalue weighted by atomic mass is 10.2. The third kappa shape index (κ3) is 3.00. The number of nitrogens with zero attached hydrogens (tertiary/aromatic N) is 4. The Morgan fingerprint density at radius 1 is 1.14 bits per heavy atom. The van der Waals surface area contributed by atoms with Crippen molar-refractivity contribution in [1.29, 1.82) is 0 Å². The maximum atomic E-state index is 12.6. The van der Waals surface area contributed by atoms with Crippen LogP contribution in [0.1, 0.15) is 6.92 Å². The van der Waals surface area contributed by atoms with Crippen molar-refractivity contribution in [2.45, 2.75) is 6.92 Å². The fourth-order valence-corrected chi connectivity index (χ4v) is 2.68. The van der Waals surface area contributed by atoms with Gasteiger partial charge in [-0.15, -0.1) is 0 Å². The normalized spacial score (nSPS) is 21.7. The molecule has 2 aliphatic heterocycles. The van der Waals surface area contributed by atoms with Crippen LogP contribution in [-0.4, -0.2) is 54.6 Å². The molecule has 1 fully saturated rings. The molecule has 6 heteroatoms. The Kier molecular flexibility index (Phi) is 4.18. The number of carbonyl (C=O) groups is 1. The number of anilines is 1. The van der Waals surface area contributed by atoms with Crippen LogP contribution in [0.2, 0.25) is 5.02 Å². The first-order chi connectivity index (χ1) is 10.5. The topological polar surface area (TPSA) is 39.2 Å². The van der Waals surface area contributed by atoms with E-state index in [2.05, 4.69) is 21.9 Å². The molecule has 1 saturated heterocycles. The average Bonchev–Trinajstić information content (AvgIpc) is 2.78. The molecule has 2 heterocycles. The van der Waals surface area contributed by atoms with Crippen LogP contribution in [-0.2, 0) is 4.79 Å². The summed E-state index contributed by atoms with van der Waals surface area (Å²) >= 11 is 5.89. The lowest BCUT2D eigenvalue weighted by Crippen LogP contribution is -2.42. The molecule has 0 spiro atoms. The lowest BCUT2D eigenvalue weighted by Gasteiger charge is -2.31. The second kappa shape index (κ2) is 6.10. The smallest absolute Gasteiger partial charge is 0.282 e. The van der Waals surface area contributed by atoms with Gasteiger partial charge in [0.05, 0.1) is 17.0 Å². The van der Waals surface area contributed by atoms with Crippen molar-refractivity contribution in [2.75, 3.05) is 38.2 Å². The van der Waals surface area contributed by atoms with Gasteiger partial charge >= 0.3 is 0 Å². The molecule has 1 aromatic carbocycles. The largest absolute Gasteiger partial charge is 0.374 e. The predicted molar refractivity (Wildman–Crippen MR) is 89.2 cm³/mol. The number of carbonyl (C=O) groups excluding carboxylic acids is 1. The van der Waals surface area contributed by atoms with Crippen molar-refractivity contribution < 1.29 is 4.79 Å². The van der Waals surface area contributed by atoms with Gasteiger partial charge in [0.1, 0.15) is 0 Å². The Morgan fingerprint density at radius 3 is 2.41 bits per heavy atom. The molecule has 0 bridgehead atoms. The Hall–Kier alpha value is -1.85. The molecular formula is C16H19ClN4O. The van der Waals surface area contributed by atoms with E-state index in [1.54, 1.807) is 24.3 Å². The zero-order valence-corrected chi connectivity index (χ0v) is 13.5. The standard InChI is InChI=1S/C16H19ClN4O/c1-12-15(11-20-9-7-19(2)8-10-20)16(22)21(18-12)14-5-3-13(17)4-6-14/h3-6,11H,7-10H2,1-2H3. The molecule has 0 atom stereocenters. The Balaban J connectivity index is 1.79. The zero-order valence-electron chi connectivity index (χ0n) is 12.8.